The van der Waals surface area contributed by atoms with Gasteiger partial charge in [-0.15, -0.1) is 28.7 Å². The summed E-state index contributed by atoms with van der Waals surface area (Å²) in [7, 11) is 0. The van der Waals surface area contributed by atoms with Crippen LogP contribution in [0.25, 0.3) is 10.8 Å². The van der Waals surface area contributed by atoms with Gasteiger partial charge in [0, 0.05) is 11.0 Å². The van der Waals surface area contributed by atoms with E-state index in [1.807, 2.05) is 0 Å². The van der Waals surface area contributed by atoms with Gasteiger partial charge >= 0.3 is 26.2 Å². The molecule has 0 amide bonds. The van der Waals surface area contributed by atoms with Crippen molar-refractivity contribution in [3.8, 4) is 0 Å². The van der Waals surface area contributed by atoms with Gasteiger partial charge in [-0.3, -0.25) is 0 Å². The Bertz CT molecular complexity index is 549. The van der Waals surface area contributed by atoms with Crippen LogP contribution in [0, 0.1) is 20.9 Å². The molecule has 19 heavy (non-hydrogen) atoms. The Morgan fingerprint density at radius 3 is 2.32 bits per heavy atom. The van der Waals surface area contributed by atoms with Crippen molar-refractivity contribution >= 4 is 21.7 Å². The summed E-state index contributed by atoms with van der Waals surface area (Å²) in [4.78, 5) is 0. The molecule has 0 N–H and O–H groups in total. The Morgan fingerprint density at radius 1 is 1.00 bits per heavy atom. The first kappa shape index (κ1) is 23.9. The van der Waals surface area contributed by atoms with Gasteiger partial charge in [-0.05, 0) is 0 Å². The van der Waals surface area contributed by atoms with Gasteiger partial charge in [0.05, 0.1) is 0 Å². The molecule has 0 saturated carbocycles. The molecule has 0 saturated heterocycles. The van der Waals surface area contributed by atoms with E-state index in [9.17, 15) is 0 Å². The predicted molar refractivity (Wildman–Crippen MR) is 77.8 cm³/mol. The fraction of sp³-hybridized carbons (Fsp3) is 0.125. The molecule has 2 aromatic carbocycles. The first-order valence-corrected chi connectivity index (χ1v) is 4.95. The number of fused-ring (bicyclic) bond motifs is 3. The number of benzene rings is 2. The van der Waals surface area contributed by atoms with Gasteiger partial charge in [-0.1, -0.05) is 43.0 Å². The number of hydrogen-bond acceptors (Lipinski definition) is 0. The summed E-state index contributed by atoms with van der Waals surface area (Å²) in [6.45, 7) is 2.15. The fourth-order valence-electron chi connectivity index (χ4n) is 2.15. The van der Waals surface area contributed by atoms with Gasteiger partial charge in [0.1, 0.15) is 0 Å². The van der Waals surface area contributed by atoms with Crippen LogP contribution in [0.15, 0.2) is 42.0 Å². The molecule has 0 nitrogen and oxygen atoms in total. The molecule has 3 heteroatoms. The molecule has 0 unspecified atom stereocenters. The van der Waals surface area contributed by atoms with E-state index in [0.29, 0.717) is 0 Å². The van der Waals surface area contributed by atoms with Crippen molar-refractivity contribution in [3.05, 3.63) is 74.0 Å². The van der Waals surface area contributed by atoms with Crippen LogP contribution in [0.5, 0.6) is 0 Å². The molecule has 3 rings (SSSR count). The standard InChI is InChI=1S/C14H11.2CH3.ClH.Si.Zr/c1-10-8-12-7-6-11-4-2-3-5-13(11)14(12)9-10;;;;;/h2-7H,8H2,1H3;2*1H3;1H;;/q3*-1;;;+4/p-1. The first-order chi connectivity index (χ1) is 6.84. The van der Waals surface area contributed by atoms with Crippen molar-refractivity contribution < 1.29 is 38.6 Å². The second-order valence-corrected chi connectivity index (χ2v) is 3.90. The Balaban J connectivity index is -0.000000512. The average Bonchev–Trinajstić information content (AvgIpc) is 2.59. The summed E-state index contributed by atoms with van der Waals surface area (Å²) < 4.78 is 0. The number of allylic oxidation sites excluding steroid dienone is 1. The van der Waals surface area contributed by atoms with Crippen molar-refractivity contribution in [1.82, 2.24) is 0 Å². The number of halogens is 1. The molecule has 0 heterocycles. The van der Waals surface area contributed by atoms with Gasteiger partial charge in [0.2, 0.25) is 0 Å². The molecule has 0 aliphatic heterocycles. The third kappa shape index (κ3) is 4.41. The van der Waals surface area contributed by atoms with Crippen molar-refractivity contribution in [2.24, 2.45) is 0 Å². The van der Waals surface area contributed by atoms with E-state index in [1.54, 1.807) is 0 Å². The molecule has 0 spiro atoms. The summed E-state index contributed by atoms with van der Waals surface area (Å²) in [5, 5.41) is 2.65. The minimum absolute atomic E-state index is 0. The van der Waals surface area contributed by atoms with Gasteiger partial charge in [-0.25, -0.2) is 0 Å². The molecule has 0 bridgehead atoms. The fourth-order valence-corrected chi connectivity index (χ4v) is 2.15. The summed E-state index contributed by atoms with van der Waals surface area (Å²) in [6.07, 6.45) is 4.53. The minimum Gasteiger partial charge on any atom is -1.00 e. The van der Waals surface area contributed by atoms with E-state index in [2.05, 4.69) is 49.4 Å². The normalized spacial score (nSPS) is 10.5. The zero-order valence-electron chi connectivity index (χ0n) is 11.5. The van der Waals surface area contributed by atoms with Crippen LogP contribution in [0.1, 0.15) is 18.1 Å². The Kier molecular flexibility index (Phi) is 12.2. The summed E-state index contributed by atoms with van der Waals surface area (Å²) in [5.74, 6) is 0. The van der Waals surface area contributed by atoms with Crippen LogP contribution >= 0.6 is 0 Å². The smallest absolute Gasteiger partial charge is 1.00 e. The van der Waals surface area contributed by atoms with E-state index in [-0.39, 0.29) is 64.4 Å². The quantitative estimate of drug-likeness (QED) is 0.484. The molecule has 96 valence electrons. The van der Waals surface area contributed by atoms with Crippen LogP contribution in [0.2, 0.25) is 0 Å². The van der Waals surface area contributed by atoms with Crippen LogP contribution in [0.4, 0.5) is 0 Å². The molecule has 2 aromatic rings. The van der Waals surface area contributed by atoms with Gasteiger partial charge in [-0.2, -0.15) is 11.6 Å². The maximum atomic E-state index is 3.46. The Labute approximate surface area is 147 Å². The largest absolute Gasteiger partial charge is 4.00 e. The second kappa shape index (κ2) is 9.69. The van der Waals surface area contributed by atoms with Crippen LogP contribution in [-0.2, 0) is 32.6 Å². The average molecular weight is 364 g/mol. The van der Waals surface area contributed by atoms with Crippen LogP contribution in [0.3, 0.4) is 0 Å². The summed E-state index contributed by atoms with van der Waals surface area (Å²) in [6, 6.07) is 12.9. The van der Waals surface area contributed by atoms with Gasteiger partial charge < -0.3 is 27.3 Å². The third-order valence-electron chi connectivity index (χ3n) is 2.81. The minimum atomic E-state index is 0. The van der Waals surface area contributed by atoms with Crippen molar-refractivity contribution in [2.75, 3.05) is 0 Å². The predicted octanol–water partition coefficient (Wildman–Crippen LogP) is 1.01. The van der Waals surface area contributed by atoms with E-state index in [0.717, 1.165) is 6.42 Å². The molecule has 1 aliphatic carbocycles. The first-order valence-electron chi connectivity index (χ1n) is 4.95. The zero-order chi connectivity index (χ0) is 9.54. The SMILES string of the molecule is CC1=[C-]c2c(ccc3ccccc23)C1.[CH3-].[CH3-].[Cl-].[Si].[Zr+4]. The molecular weight excluding hydrogens is 347 g/mol. The maximum absolute atomic E-state index is 3.46. The molecule has 0 atom stereocenters. The van der Waals surface area contributed by atoms with Crippen molar-refractivity contribution in [1.29, 1.82) is 0 Å². The molecule has 0 fully saturated rings. The Hall–Kier alpha value is -0.170. The molecule has 1 aliphatic rings. The van der Waals surface area contributed by atoms with Crippen molar-refractivity contribution in [2.45, 2.75) is 13.3 Å². The van der Waals surface area contributed by atoms with E-state index < -0.39 is 0 Å². The number of hydrogen-bond donors (Lipinski definition) is 0. The van der Waals surface area contributed by atoms with Gasteiger partial charge in [0.15, 0.2) is 0 Å². The number of rotatable bonds is 0. The van der Waals surface area contributed by atoms with Crippen LogP contribution in [-0.4, -0.2) is 11.0 Å². The maximum Gasteiger partial charge on any atom is 4.00 e. The summed E-state index contributed by atoms with van der Waals surface area (Å²) >= 11 is 0. The van der Waals surface area contributed by atoms with Crippen LogP contribution < -0.4 is 12.4 Å². The summed E-state index contributed by atoms with van der Waals surface area (Å²) in [5.41, 5.74) is 4.07. The third-order valence-corrected chi connectivity index (χ3v) is 2.81. The van der Waals surface area contributed by atoms with Gasteiger partial charge in [0.25, 0.3) is 0 Å². The van der Waals surface area contributed by atoms with E-state index >= 15 is 0 Å². The monoisotopic (exact) mass is 362 g/mol. The molecule has 0 aromatic heterocycles. The zero-order valence-corrected chi connectivity index (χ0v) is 15.8. The van der Waals surface area contributed by atoms with E-state index in [4.69, 9.17) is 0 Å². The van der Waals surface area contributed by atoms with E-state index in [1.165, 1.54) is 27.5 Å². The topological polar surface area (TPSA) is 0 Å². The Morgan fingerprint density at radius 2 is 1.63 bits per heavy atom. The second-order valence-electron chi connectivity index (χ2n) is 3.90. The molecule has 4 radical (unpaired) electrons. The molecular formula is C16H17ClSiZr. The van der Waals surface area contributed by atoms with Crippen molar-refractivity contribution in [3.63, 3.8) is 0 Å².